The number of H-pyrrole nitrogens is 2. The van der Waals surface area contributed by atoms with Gasteiger partial charge in [-0.25, -0.2) is 4.79 Å². The summed E-state index contributed by atoms with van der Waals surface area (Å²) in [5, 5.41) is 7.45. The zero-order chi connectivity index (χ0) is 22.9. The van der Waals surface area contributed by atoms with Crippen LogP contribution >= 0.6 is 0 Å². The first-order valence-electron chi connectivity index (χ1n) is 10.2. The SMILES string of the molecule is CCCCCN1c2[nH]c(=O)[nH]c(=O)c2NC1c1cnn(Cc2ccc(C(F)(F)F)nc2)c1. The maximum absolute atomic E-state index is 12.7. The van der Waals surface area contributed by atoms with Gasteiger partial charge in [0.05, 0.1) is 12.7 Å². The van der Waals surface area contributed by atoms with E-state index >= 15 is 0 Å². The molecule has 12 heteroatoms. The number of pyridine rings is 1. The van der Waals surface area contributed by atoms with Crippen molar-refractivity contribution < 1.29 is 13.2 Å². The Labute approximate surface area is 180 Å². The van der Waals surface area contributed by atoms with Crippen LogP contribution in [0.2, 0.25) is 0 Å². The second kappa shape index (κ2) is 8.52. The van der Waals surface area contributed by atoms with Crippen LogP contribution < -0.4 is 21.5 Å². The number of unbranched alkanes of at least 4 members (excludes halogenated alkanes) is 2. The molecule has 32 heavy (non-hydrogen) atoms. The van der Waals surface area contributed by atoms with Crippen LogP contribution in [-0.4, -0.2) is 31.3 Å². The Balaban J connectivity index is 1.56. The average molecular weight is 449 g/mol. The fourth-order valence-electron chi connectivity index (χ4n) is 3.68. The number of anilines is 2. The first-order chi connectivity index (χ1) is 15.3. The van der Waals surface area contributed by atoms with E-state index in [1.54, 1.807) is 17.1 Å². The third-order valence-electron chi connectivity index (χ3n) is 5.23. The van der Waals surface area contributed by atoms with Gasteiger partial charge in [-0.05, 0) is 18.1 Å². The van der Waals surface area contributed by atoms with E-state index < -0.39 is 29.3 Å². The molecule has 3 aromatic heterocycles. The molecule has 0 saturated carbocycles. The minimum absolute atomic E-state index is 0.234. The van der Waals surface area contributed by atoms with Gasteiger partial charge in [0, 0.05) is 24.5 Å². The fraction of sp³-hybridized carbons (Fsp3) is 0.400. The number of rotatable bonds is 7. The summed E-state index contributed by atoms with van der Waals surface area (Å²) < 4.78 is 39.7. The zero-order valence-corrected chi connectivity index (χ0v) is 17.2. The lowest BCUT2D eigenvalue weighted by molar-refractivity contribution is -0.141. The summed E-state index contributed by atoms with van der Waals surface area (Å²) in [6.45, 7) is 2.93. The second-order valence-corrected chi connectivity index (χ2v) is 7.60. The molecule has 1 aliphatic heterocycles. The highest BCUT2D eigenvalue weighted by Gasteiger charge is 2.34. The van der Waals surface area contributed by atoms with Crippen LogP contribution in [0.1, 0.15) is 49.2 Å². The van der Waals surface area contributed by atoms with Gasteiger partial charge in [-0.1, -0.05) is 25.8 Å². The third kappa shape index (κ3) is 4.39. The van der Waals surface area contributed by atoms with Crippen LogP contribution in [0, 0.1) is 0 Å². The lowest BCUT2D eigenvalue weighted by Gasteiger charge is -2.25. The Morgan fingerprint density at radius 1 is 1.12 bits per heavy atom. The summed E-state index contributed by atoms with van der Waals surface area (Å²) in [6.07, 6.45) is 2.53. The molecule has 4 rings (SSSR count). The molecular weight excluding hydrogens is 427 g/mol. The second-order valence-electron chi connectivity index (χ2n) is 7.60. The Morgan fingerprint density at radius 2 is 1.94 bits per heavy atom. The van der Waals surface area contributed by atoms with Crippen molar-refractivity contribution in [2.75, 3.05) is 16.8 Å². The summed E-state index contributed by atoms with van der Waals surface area (Å²) in [4.78, 5) is 34.4. The number of halogens is 3. The zero-order valence-electron chi connectivity index (χ0n) is 17.2. The number of hydrogen-bond donors (Lipinski definition) is 3. The molecule has 0 amide bonds. The van der Waals surface area contributed by atoms with Crippen molar-refractivity contribution in [3.8, 4) is 0 Å². The first-order valence-corrected chi connectivity index (χ1v) is 10.2. The van der Waals surface area contributed by atoms with E-state index in [0.717, 1.165) is 30.9 Å². The molecule has 1 atom stereocenters. The maximum atomic E-state index is 12.7. The molecule has 0 spiro atoms. The van der Waals surface area contributed by atoms with E-state index in [1.807, 2.05) is 4.90 Å². The van der Waals surface area contributed by atoms with Crippen molar-refractivity contribution in [2.24, 2.45) is 0 Å². The molecule has 0 radical (unpaired) electrons. The summed E-state index contributed by atoms with van der Waals surface area (Å²) in [5.41, 5.74) is -0.436. The largest absolute Gasteiger partial charge is 0.433 e. The highest BCUT2D eigenvalue weighted by atomic mass is 19.4. The van der Waals surface area contributed by atoms with Gasteiger partial charge in [-0.2, -0.15) is 18.3 Å². The number of aromatic amines is 2. The van der Waals surface area contributed by atoms with Gasteiger partial charge in [0.25, 0.3) is 5.56 Å². The van der Waals surface area contributed by atoms with Crippen LogP contribution in [0.3, 0.4) is 0 Å². The molecule has 170 valence electrons. The Hall–Kier alpha value is -3.57. The number of alkyl halides is 3. The van der Waals surface area contributed by atoms with Crippen molar-refractivity contribution in [3.05, 3.63) is 68.4 Å². The summed E-state index contributed by atoms with van der Waals surface area (Å²) in [7, 11) is 0. The summed E-state index contributed by atoms with van der Waals surface area (Å²) in [6, 6.07) is 2.30. The van der Waals surface area contributed by atoms with Crippen molar-refractivity contribution in [1.82, 2.24) is 24.7 Å². The van der Waals surface area contributed by atoms with E-state index in [1.165, 1.54) is 12.3 Å². The van der Waals surface area contributed by atoms with E-state index in [2.05, 4.69) is 32.3 Å². The maximum Gasteiger partial charge on any atom is 0.433 e. The highest BCUT2D eigenvalue weighted by molar-refractivity contribution is 5.71. The molecular formula is C20H22F3N7O2. The highest BCUT2D eigenvalue weighted by Crippen LogP contribution is 2.36. The van der Waals surface area contributed by atoms with Crippen molar-refractivity contribution in [3.63, 3.8) is 0 Å². The number of nitrogens with one attached hydrogen (secondary N) is 3. The number of hydrogen-bond acceptors (Lipinski definition) is 6. The van der Waals surface area contributed by atoms with E-state index in [0.29, 0.717) is 17.9 Å². The molecule has 3 N–H and O–H groups in total. The topological polar surface area (TPSA) is 112 Å². The molecule has 1 unspecified atom stereocenters. The molecule has 0 saturated heterocycles. The molecule has 3 aromatic rings. The normalized spacial score (nSPS) is 15.6. The minimum Gasteiger partial charge on any atom is -0.354 e. The molecule has 0 aromatic carbocycles. The Bertz CT molecular complexity index is 1200. The molecule has 0 aliphatic carbocycles. The number of fused-ring (bicyclic) bond motifs is 1. The van der Waals surface area contributed by atoms with E-state index in [4.69, 9.17) is 0 Å². The van der Waals surface area contributed by atoms with Gasteiger partial charge >= 0.3 is 11.9 Å². The first kappa shape index (κ1) is 21.7. The smallest absolute Gasteiger partial charge is 0.354 e. The lowest BCUT2D eigenvalue weighted by Crippen LogP contribution is -2.30. The van der Waals surface area contributed by atoms with Crippen molar-refractivity contribution in [1.29, 1.82) is 0 Å². The van der Waals surface area contributed by atoms with Crippen LogP contribution in [-0.2, 0) is 12.7 Å². The van der Waals surface area contributed by atoms with Gasteiger partial charge in [0.15, 0.2) is 0 Å². The van der Waals surface area contributed by atoms with Gasteiger partial charge in [0.1, 0.15) is 23.4 Å². The third-order valence-corrected chi connectivity index (χ3v) is 5.23. The lowest BCUT2D eigenvalue weighted by atomic mass is 10.2. The van der Waals surface area contributed by atoms with Crippen LogP contribution in [0.4, 0.5) is 24.7 Å². The van der Waals surface area contributed by atoms with Gasteiger partial charge in [-0.3, -0.25) is 24.4 Å². The number of nitrogens with zero attached hydrogens (tertiary/aromatic N) is 4. The minimum atomic E-state index is -4.49. The van der Waals surface area contributed by atoms with Crippen LogP contribution in [0.25, 0.3) is 0 Å². The predicted octanol–water partition coefficient (Wildman–Crippen LogP) is 2.84. The molecule has 9 nitrogen and oxygen atoms in total. The quantitative estimate of drug-likeness (QED) is 0.479. The standard InChI is InChI=1S/C20H22F3N7O2/c1-2-3-4-7-30-16(26-15-17(30)27-19(32)28-18(15)31)13-9-25-29(11-13)10-12-5-6-14(24-8-12)20(21,22)23/h5-6,8-9,11,16,26H,2-4,7,10H2,1H3,(H2,27,28,31,32). The van der Waals surface area contributed by atoms with Crippen molar-refractivity contribution in [2.45, 2.75) is 45.1 Å². The van der Waals surface area contributed by atoms with Gasteiger partial charge < -0.3 is 10.2 Å². The van der Waals surface area contributed by atoms with Crippen LogP contribution in [0.5, 0.6) is 0 Å². The van der Waals surface area contributed by atoms with Gasteiger partial charge in [-0.15, -0.1) is 0 Å². The predicted molar refractivity (Wildman–Crippen MR) is 111 cm³/mol. The van der Waals surface area contributed by atoms with Crippen molar-refractivity contribution >= 4 is 11.5 Å². The van der Waals surface area contributed by atoms with Crippen LogP contribution in [0.15, 0.2) is 40.3 Å². The number of aromatic nitrogens is 5. The molecule has 4 heterocycles. The summed E-state index contributed by atoms with van der Waals surface area (Å²) >= 11 is 0. The average Bonchev–Trinajstić information content (AvgIpc) is 3.33. The molecule has 0 fully saturated rings. The molecule has 0 bridgehead atoms. The van der Waals surface area contributed by atoms with E-state index in [-0.39, 0.29) is 12.2 Å². The Kier molecular flexibility index (Phi) is 5.76. The van der Waals surface area contributed by atoms with E-state index in [9.17, 15) is 22.8 Å². The Morgan fingerprint density at radius 3 is 2.62 bits per heavy atom. The molecule has 1 aliphatic rings. The summed E-state index contributed by atoms with van der Waals surface area (Å²) in [5.74, 6) is 0.430. The van der Waals surface area contributed by atoms with Gasteiger partial charge in [0.2, 0.25) is 0 Å². The monoisotopic (exact) mass is 449 g/mol. The fourth-order valence-corrected chi connectivity index (χ4v) is 3.68.